The molecule has 0 aliphatic rings. The molecule has 15 heavy (non-hydrogen) atoms. The van der Waals surface area contributed by atoms with Crippen LogP contribution in [-0.4, -0.2) is 4.98 Å². The zero-order chi connectivity index (χ0) is 10.7. The summed E-state index contributed by atoms with van der Waals surface area (Å²) in [6.07, 6.45) is 1.70. The van der Waals surface area contributed by atoms with Crippen molar-refractivity contribution in [1.29, 1.82) is 0 Å². The van der Waals surface area contributed by atoms with Crippen LogP contribution in [0.1, 0.15) is 16.0 Å². The second-order valence-electron chi connectivity index (χ2n) is 3.25. The van der Waals surface area contributed by atoms with E-state index < -0.39 is 0 Å². The van der Waals surface area contributed by atoms with Gasteiger partial charge in [0.25, 0.3) is 0 Å². The molecule has 1 aromatic carbocycles. The Balaban J connectivity index is 2.37. The molecule has 0 radical (unpaired) electrons. The first-order valence-corrected chi connectivity index (χ1v) is 5.60. The second-order valence-corrected chi connectivity index (χ2v) is 4.17. The molecule has 0 saturated carbocycles. The maximum Gasteiger partial charge on any atom is 0.128 e. The zero-order valence-electron chi connectivity index (χ0n) is 8.10. The Bertz CT molecular complexity index is 442. The van der Waals surface area contributed by atoms with E-state index in [0.717, 1.165) is 5.56 Å². The van der Waals surface area contributed by atoms with Crippen LogP contribution in [-0.2, 0) is 0 Å². The van der Waals surface area contributed by atoms with E-state index in [1.165, 1.54) is 5.56 Å². The minimum atomic E-state index is 0.104. The Kier molecular flexibility index (Phi) is 3.02. The highest BCUT2D eigenvalue weighted by Crippen LogP contribution is 2.32. The summed E-state index contributed by atoms with van der Waals surface area (Å²) in [7, 11) is 0. The molecule has 0 spiro atoms. The van der Waals surface area contributed by atoms with Gasteiger partial charge in [0.15, 0.2) is 0 Å². The summed E-state index contributed by atoms with van der Waals surface area (Å²) in [6, 6.07) is 14.0. The average molecular weight is 263 g/mol. The van der Waals surface area contributed by atoms with Crippen LogP contribution in [0.3, 0.4) is 0 Å². The van der Waals surface area contributed by atoms with Gasteiger partial charge < -0.3 is 5.73 Å². The predicted molar refractivity (Wildman–Crippen MR) is 65.9 cm³/mol. The number of halogens is 1. The minimum absolute atomic E-state index is 0.104. The van der Waals surface area contributed by atoms with Gasteiger partial charge in [0.1, 0.15) is 5.82 Å². The van der Waals surface area contributed by atoms with Crippen LogP contribution in [0.4, 0.5) is 5.82 Å². The van der Waals surface area contributed by atoms with Crippen LogP contribution in [0.5, 0.6) is 0 Å². The normalized spacial score (nSPS) is 12.3. The van der Waals surface area contributed by atoms with E-state index in [-0.39, 0.29) is 4.83 Å². The van der Waals surface area contributed by atoms with E-state index in [0.29, 0.717) is 5.82 Å². The van der Waals surface area contributed by atoms with Gasteiger partial charge in [-0.3, -0.25) is 0 Å². The van der Waals surface area contributed by atoms with Crippen molar-refractivity contribution >= 4 is 21.7 Å². The molecule has 2 N–H and O–H groups in total. The summed E-state index contributed by atoms with van der Waals surface area (Å²) in [5.74, 6) is 0.572. The van der Waals surface area contributed by atoms with Crippen molar-refractivity contribution < 1.29 is 0 Å². The number of hydrogen-bond acceptors (Lipinski definition) is 2. The highest BCUT2D eigenvalue weighted by atomic mass is 79.9. The summed E-state index contributed by atoms with van der Waals surface area (Å²) >= 11 is 3.62. The monoisotopic (exact) mass is 262 g/mol. The molecule has 0 bridgehead atoms. The number of benzene rings is 1. The molecule has 1 atom stereocenters. The smallest absolute Gasteiger partial charge is 0.128 e. The Morgan fingerprint density at radius 3 is 2.47 bits per heavy atom. The van der Waals surface area contributed by atoms with E-state index in [1.54, 1.807) is 6.20 Å². The van der Waals surface area contributed by atoms with Gasteiger partial charge in [-0.1, -0.05) is 52.3 Å². The number of anilines is 1. The van der Waals surface area contributed by atoms with E-state index in [2.05, 4.69) is 33.0 Å². The molecule has 0 fully saturated rings. The summed E-state index contributed by atoms with van der Waals surface area (Å²) in [4.78, 5) is 4.18. The lowest BCUT2D eigenvalue weighted by Gasteiger charge is -2.11. The van der Waals surface area contributed by atoms with Crippen molar-refractivity contribution in [2.45, 2.75) is 4.83 Å². The third kappa shape index (κ3) is 2.18. The van der Waals surface area contributed by atoms with Crippen molar-refractivity contribution in [2.24, 2.45) is 0 Å². The number of alkyl halides is 1. The van der Waals surface area contributed by atoms with Gasteiger partial charge in [0, 0.05) is 11.8 Å². The van der Waals surface area contributed by atoms with Crippen LogP contribution in [0, 0.1) is 0 Å². The summed E-state index contributed by atoms with van der Waals surface area (Å²) in [5.41, 5.74) is 8.00. The second kappa shape index (κ2) is 4.45. The Morgan fingerprint density at radius 2 is 1.80 bits per heavy atom. The minimum Gasteiger partial charge on any atom is -0.383 e. The van der Waals surface area contributed by atoms with Gasteiger partial charge >= 0.3 is 0 Å². The molecular formula is C12H11BrN2. The van der Waals surface area contributed by atoms with Crippen LogP contribution in [0.2, 0.25) is 0 Å². The number of nitrogen functional groups attached to an aromatic ring is 1. The van der Waals surface area contributed by atoms with Crippen molar-refractivity contribution in [1.82, 2.24) is 4.98 Å². The number of aromatic nitrogens is 1. The number of hydrogen-bond donors (Lipinski definition) is 1. The molecule has 0 aliphatic heterocycles. The van der Waals surface area contributed by atoms with E-state index in [4.69, 9.17) is 5.73 Å². The highest BCUT2D eigenvalue weighted by molar-refractivity contribution is 9.09. The molecule has 0 amide bonds. The molecule has 76 valence electrons. The summed E-state index contributed by atoms with van der Waals surface area (Å²) < 4.78 is 0. The number of nitrogens with zero attached hydrogens (tertiary/aromatic N) is 1. The molecule has 2 nitrogen and oxygen atoms in total. The van der Waals surface area contributed by atoms with Gasteiger partial charge in [-0.2, -0.15) is 0 Å². The maximum atomic E-state index is 5.82. The molecule has 0 aliphatic carbocycles. The lowest BCUT2D eigenvalue weighted by atomic mass is 10.1. The Morgan fingerprint density at radius 1 is 1.07 bits per heavy atom. The molecule has 1 heterocycles. The van der Waals surface area contributed by atoms with Crippen molar-refractivity contribution in [3.63, 3.8) is 0 Å². The number of nitrogens with two attached hydrogens (primary N) is 1. The molecular weight excluding hydrogens is 252 g/mol. The van der Waals surface area contributed by atoms with Gasteiger partial charge in [-0.15, -0.1) is 0 Å². The molecule has 1 aromatic heterocycles. The summed E-state index contributed by atoms with van der Waals surface area (Å²) in [6.45, 7) is 0. The fourth-order valence-electron chi connectivity index (χ4n) is 1.45. The SMILES string of the molecule is Nc1ncccc1C(Br)c1ccccc1. The average Bonchev–Trinajstić information content (AvgIpc) is 2.30. The van der Waals surface area contributed by atoms with Crippen LogP contribution >= 0.6 is 15.9 Å². The standard InChI is InChI=1S/C12H11BrN2/c13-11(9-5-2-1-3-6-9)10-7-4-8-15-12(10)14/h1-8,11H,(H2,14,15). The predicted octanol–water partition coefficient (Wildman–Crippen LogP) is 3.15. The fraction of sp³-hybridized carbons (Fsp3) is 0.0833. The molecule has 2 rings (SSSR count). The lowest BCUT2D eigenvalue weighted by Crippen LogP contribution is -2.00. The largest absolute Gasteiger partial charge is 0.383 e. The highest BCUT2D eigenvalue weighted by Gasteiger charge is 2.12. The van der Waals surface area contributed by atoms with Crippen LogP contribution in [0.15, 0.2) is 48.7 Å². The van der Waals surface area contributed by atoms with Gasteiger partial charge in [0.2, 0.25) is 0 Å². The molecule has 2 aromatic rings. The Hall–Kier alpha value is -1.35. The Labute approximate surface area is 97.3 Å². The number of pyridine rings is 1. The van der Waals surface area contributed by atoms with E-state index in [1.807, 2.05) is 30.3 Å². The fourth-order valence-corrected chi connectivity index (χ4v) is 2.14. The van der Waals surface area contributed by atoms with Crippen molar-refractivity contribution in [3.05, 3.63) is 59.8 Å². The van der Waals surface area contributed by atoms with E-state index >= 15 is 0 Å². The maximum absolute atomic E-state index is 5.82. The molecule has 1 unspecified atom stereocenters. The third-order valence-electron chi connectivity index (χ3n) is 2.24. The first kappa shape index (κ1) is 10.2. The van der Waals surface area contributed by atoms with Gasteiger partial charge in [0.05, 0.1) is 4.83 Å². The van der Waals surface area contributed by atoms with Gasteiger partial charge in [-0.05, 0) is 11.6 Å². The first-order valence-electron chi connectivity index (χ1n) is 4.68. The lowest BCUT2D eigenvalue weighted by molar-refractivity contribution is 1.14. The first-order chi connectivity index (χ1) is 7.29. The van der Waals surface area contributed by atoms with Crippen molar-refractivity contribution in [3.8, 4) is 0 Å². The quantitative estimate of drug-likeness (QED) is 0.845. The zero-order valence-corrected chi connectivity index (χ0v) is 9.68. The topological polar surface area (TPSA) is 38.9 Å². The molecule has 3 heteroatoms. The van der Waals surface area contributed by atoms with Crippen LogP contribution in [0.25, 0.3) is 0 Å². The van der Waals surface area contributed by atoms with Gasteiger partial charge in [-0.25, -0.2) is 4.98 Å². The number of rotatable bonds is 2. The molecule has 0 saturated heterocycles. The van der Waals surface area contributed by atoms with E-state index in [9.17, 15) is 0 Å². The van der Waals surface area contributed by atoms with Crippen LogP contribution < -0.4 is 5.73 Å². The summed E-state index contributed by atoms with van der Waals surface area (Å²) in [5, 5.41) is 0. The third-order valence-corrected chi connectivity index (χ3v) is 3.26. The van der Waals surface area contributed by atoms with Crippen molar-refractivity contribution in [2.75, 3.05) is 5.73 Å².